The molecule has 0 bridgehead atoms. The van der Waals surface area contributed by atoms with Gasteiger partial charge in [-0.1, -0.05) is 12.1 Å². The van der Waals surface area contributed by atoms with Gasteiger partial charge in [-0.25, -0.2) is 4.39 Å². The van der Waals surface area contributed by atoms with Gasteiger partial charge in [-0.2, -0.15) is 13.2 Å². The molecular weight excluding hydrogens is 266 g/mol. The number of nitrogens with one attached hydrogen (secondary N) is 1. The summed E-state index contributed by atoms with van der Waals surface area (Å²) in [5, 5.41) is 1.90. The number of benzene rings is 1. The van der Waals surface area contributed by atoms with Crippen LogP contribution in [0, 0.1) is 5.82 Å². The van der Waals surface area contributed by atoms with Gasteiger partial charge in [0.05, 0.1) is 18.8 Å². The van der Waals surface area contributed by atoms with Crippen LogP contribution in [-0.4, -0.2) is 24.8 Å². The molecule has 2 atom stereocenters. The largest absolute Gasteiger partial charge is 0.471 e. The second-order valence-electron chi connectivity index (χ2n) is 4.27. The van der Waals surface area contributed by atoms with E-state index in [0.29, 0.717) is 12.2 Å². The van der Waals surface area contributed by atoms with E-state index in [1.165, 1.54) is 12.1 Å². The predicted octanol–water partition coefficient (Wildman–Crippen LogP) is 2.33. The molecule has 2 rings (SSSR count). The maximum absolute atomic E-state index is 12.8. The summed E-state index contributed by atoms with van der Waals surface area (Å²) in [6.45, 7) is 0.458. The van der Waals surface area contributed by atoms with E-state index in [0.717, 1.165) is 12.1 Å². The zero-order valence-electron chi connectivity index (χ0n) is 9.71. The minimum atomic E-state index is -4.94. The summed E-state index contributed by atoms with van der Waals surface area (Å²) in [6, 6.07) is 4.12. The van der Waals surface area contributed by atoms with Gasteiger partial charge in [0.15, 0.2) is 0 Å². The molecule has 1 aromatic carbocycles. The van der Waals surface area contributed by atoms with Crippen LogP contribution in [0.5, 0.6) is 0 Å². The van der Waals surface area contributed by atoms with E-state index in [1.807, 2.05) is 5.32 Å². The highest BCUT2D eigenvalue weighted by molar-refractivity contribution is 5.82. The second-order valence-corrected chi connectivity index (χ2v) is 4.27. The molecule has 0 spiro atoms. The van der Waals surface area contributed by atoms with Crippen LogP contribution in [0.15, 0.2) is 24.3 Å². The molecule has 1 unspecified atom stereocenters. The van der Waals surface area contributed by atoms with Gasteiger partial charge in [0.1, 0.15) is 5.82 Å². The third-order valence-corrected chi connectivity index (χ3v) is 2.74. The average Bonchev–Trinajstić information content (AvgIpc) is 3.12. The number of carbonyl (C=O) groups excluding carboxylic acids is 1. The van der Waals surface area contributed by atoms with Gasteiger partial charge in [-0.3, -0.25) is 4.79 Å². The van der Waals surface area contributed by atoms with Gasteiger partial charge < -0.3 is 10.1 Å². The smallest absolute Gasteiger partial charge is 0.373 e. The van der Waals surface area contributed by atoms with E-state index in [-0.39, 0.29) is 12.5 Å². The molecule has 1 amide bonds. The number of rotatable bonds is 4. The van der Waals surface area contributed by atoms with Crippen molar-refractivity contribution in [2.75, 3.05) is 6.61 Å². The van der Waals surface area contributed by atoms with Gasteiger partial charge in [0, 0.05) is 6.42 Å². The highest BCUT2D eigenvalue weighted by Crippen LogP contribution is 2.27. The van der Waals surface area contributed by atoms with Crippen LogP contribution in [0.3, 0.4) is 0 Å². The number of epoxide rings is 1. The molecule has 0 saturated carbocycles. The number of hydrogen-bond acceptors (Lipinski definition) is 2. The Morgan fingerprint density at radius 3 is 2.42 bits per heavy atom. The Labute approximate surface area is 106 Å². The van der Waals surface area contributed by atoms with Gasteiger partial charge in [0.25, 0.3) is 0 Å². The Kier molecular flexibility index (Phi) is 3.75. The number of halogens is 4. The topological polar surface area (TPSA) is 41.6 Å². The van der Waals surface area contributed by atoms with Crippen molar-refractivity contribution in [3.63, 3.8) is 0 Å². The first-order valence-corrected chi connectivity index (χ1v) is 5.61. The molecule has 19 heavy (non-hydrogen) atoms. The number of alkyl halides is 3. The summed E-state index contributed by atoms with van der Waals surface area (Å²) >= 11 is 0. The zero-order chi connectivity index (χ0) is 14.0. The fraction of sp³-hybridized carbons (Fsp3) is 0.417. The maximum atomic E-state index is 12.8. The average molecular weight is 277 g/mol. The Hall–Kier alpha value is -1.63. The first-order chi connectivity index (χ1) is 8.86. The molecule has 1 saturated heterocycles. The number of carbonyl (C=O) groups is 1. The van der Waals surface area contributed by atoms with E-state index in [9.17, 15) is 22.4 Å². The van der Waals surface area contributed by atoms with Crippen molar-refractivity contribution in [2.24, 2.45) is 0 Å². The Morgan fingerprint density at radius 2 is 1.95 bits per heavy atom. The minimum absolute atomic E-state index is 0.163. The summed E-state index contributed by atoms with van der Waals surface area (Å²) in [7, 11) is 0. The second kappa shape index (κ2) is 5.16. The number of amides is 1. The molecule has 1 aliphatic heterocycles. The molecule has 1 heterocycles. The van der Waals surface area contributed by atoms with Crippen LogP contribution in [-0.2, 0) is 9.53 Å². The summed E-state index contributed by atoms with van der Waals surface area (Å²) in [5.74, 6) is -2.50. The quantitative estimate of drug-likeness (QED) is 0.678. The molecule has 3 nitrogen and oxygen atoms in total. The van der Waals surface area contributed by atoms with Crippen LogP contribution >= 0.6 is 0 Å². The highest BCUT2D eigenvalue weighted by atomic mass is 19.4. The van der Waals surface area contributed by atoms with Crippen molar-refractivity contribution in [2.45, 2.75) is 24.7 Å². The molecule has 1 fully saturated rings. The molecule has 1 aromatic rings. The number of ether oxygens (including phenoxy) is 1. The Bertz CT molecular complexity index is 454. The lowest BCUT2D eigenvalue weighted by atomic mass is 10.0. The van der Waals surface area contributed by atoms with E-state index >= 15 is 0 Å². The molecule has 1 N–H and O–H groups in total. The van der Waals surface area contributed by atoms with Crippen LogP contribution in [0.2, 0.25) is 0 Å². The predicted molar refractivity (Wildman–Crippen MR) is 57.7 cm³/mol. The molecular formula is C12H11F4NO2. The molecule has 0 radical (unpaired) electrons. The van der Waals surface area contributed by atoms with Crippen LogP contribution in [0.1, 0.15) is 18.0 Å². The van der Waals surface area contributed by atoms with Gasteiger partial charge in [0.2, 0.25) is 0 Å². The van der Waals surface area contributed by atoms with E-state index in [1.54, 1.807) is 0 Å². The SMILES string of the molecule is O=C(N[C@@H](CC1CO1)c1ccc(F)cc1)C(F)(F)F. The fourth-order valence-corrected chi connectivity index (χ4v) is 1.68. The summed E-state index contributed by atoms with van der Waals surface area (Å²) in [4.78, 5) is 11.0. The molecule has 104 valence electrons. The molecule has 7 heteroatoms. The fourth-order valence-electron chi connectivity index (χ4n) is 1.68. The van der Waals surface area contributed by atoms with Crippen LogP contribution < -0.4 is 5.32 Å². The third-order valence-electron chi connectivity index (χ3n) is 2.74. The van der Waals surface area contributed by atoms with Crippen molar-refractivity contribution in [1.82, 2.24) is 5.32 Å². The van der Waals surface area contributed by atoms with Crippen molar-refractivity contribution in [3.8, 4) is 0 Å². The summed E-state index contributed by atoms with van der Waals surface area (Å²) in [5.41, 5.74) is 0.412. The van der Waals surface area contributed by atoms with E-state index in [2.05, 4.69) is 0 Å². The van der Waals surface area contributed by atoms with Crippen LogP contribution in [0.25, 0.3) is 0 Å². The van der Waals surface area contributed by atoms with Crippen molar-refractivity contribution < 1.29 is 27.1 Å². The van der Waals surface area contributed by atoms with Gasteiger partial charge in [-0.15, -0.1) is 0 Å². The Balaban J connectivity index is 2.11. The highest BCUT2D eigenvalue weighted by Gasteiger charge is 2.40. The molecule has 0 aromatic heterocycles. The minimum Gasteiger partial charge on any atom is -0.373 e. The summed E-state index contributed by atoms with van der Waals surface area (Å²) in [6.07, 6.45) is -4.88. The number of hydrogen-bond donors (Lipinski definition) is 1. The molecule has 1 aliphatic rings. The van der Waals surface area contributed by atoms with Crippen molar-refractivity contribution >= 4 is 5.91 Å². The lowest BCUT2D eigenvalue weighted by Gasteiger charge is -2.19. The first kappa shape index (κ1) is 13.8. The van der Waals surface area contributed by atoms with Crippen LogP contribution in [0.4, 0.5) is 17.6 Å². The van der Waals surface area contributed by atoms with E-state index < -0.39 is 23.9 Å². The third kappa shape index (κ3) is 3.92. The standard InChI is InChI=1S/C12H11F4NO2/c13-8-3-1-7(2-4-8)10(5-9-6-19-9)17-11(18)12(14,15)16/h1-4,9-10H,5-6H2,(H,17,18)/t9?,10-/m0/s1. The monoisotopic (exact) mass is 277 g/mol. The zero-order valence-corrected chi connectivity index (χ0v) is 9.71. The van der Waals surface area contributed by atoms with Gasteiger partial charge in [-0.05, 0) is 17.7 Å². The Morgan fingerprint density at radius 1 is 1.37 bits per heavy atom. The lowest BCUT2D eigenvalue weighted by molar-refractivity contribution is -0.174. The van der Waals surface area contributed by atoms with E-state index in [4.69, 9.17) is 4.74 Å². The lowest BCUT2D eigenvalue weighted by Crippen LogP contribution is -2.39. The van der Waals surface area contributed by atoms with Crippen molar-refractivity contribution in [3.05, 3.63) is 35.6 Å². The van der Waals surface area contributed by atoms with Gasteiger partial charge >= 0.3 is 12.1 Å². The first-order valence-electron chi connectivity index (χ1n) is 5.61. The maximum Gasteiger partial charge on any atom is 0.471 e. The normalized spacial score (nSPS) is 19.9. The summed E-state index contributed by atoms with van der Waals surface area (Å²) < 4.78 is 54.4. The molecule has 0 aliphatic carbocycles. The van der Waals surface area contributed by atoms with Crippen molar-refractivity contribution in [1.29, 1.82) is 0 Å².